The molecule has 0 saturated heterocycles. The second-order valence-corrected chi connectivity index (χ2v) is 5.84. The van der Waals surface area contributed by atoms with E-state index in [9.17, 15) is 0 Å². The summed E-state index contributed by atoms with van der Waals surface area (Å²) in [5, 5.41) is 12.8. The number of pyridine rings is 1. The first-order chi connectivity index (χ1) is 9.11. The highest BCUT2D eigenvalue weighted by Crippen LogP contribution is 2.33. The first-order valence-corrected chi connectivity index (χ1v) is 7.16. The summed E-state index contributed by atoms with van der Waals surface area (Å²) in [6.45, 7) is 0. The smallest absolute Gasteiger partial charge is 0.171 e. The third kappa shape index (κ3) is 3.40. The van der Waals surface area contributed by atoms with Crippen molar-refractivity contribution < 1.29 is 5.21 Å². The minimum atomic E-state index is -0.0134. The van der Waals surface area contributed by atoms with E-state index in [1.54, 1.807) is 18.3 Å². The van der Waals surface area contributed by atoms with Gasteiger partial charge < -0.3 is 10.9 Å². The van der Waals surface area contributed by atoms with Crippen LogP contribution in [0, 0.1) is 0 Å². The van der Waals surface area contributed by atoms with Crippen LogP contribution in [0.1, 0.15) is 5.56 Å². The van der Waals surface area contributed by atoms with Gasteiger partial charge in [-0.25, -0.2) is 4.98 Å². The fourth-order valence-corrected chi connectivity index (χ4v) is 3.03. The number of rotatable bonds is 3. The van der Waals surface area contributed by atoms with Gasteiger partial charge >= 0.3 is 0 Å². The Bertz CT molecular complexity index is 636. The highest BCUT2D eigenvalue weighted by Gasteiger charge is 2.08. The molecule has 1 aromatic heterocycles. The Labute approximate surface area is 127 Å². The zero-order valence-electron chi connectivity index (χ0n) is 9.55. The van der Waals surface area contributed by atoms with E-state index in [-0.39, 0.29) is 5.84 Å². The lowest BCUT2D eigenvalue weighted by Crippen LogP contribution is -2.13. The Balaban J connectivity index is 2.29. The van der Waals surface area contributed by atoms with E-state index in [1.165, 1.54) is 11.8 Å². The first kappa shape index (κ1) is 14.2. The van der Waals surface area contributed by atoms with Crippen LogP contribution in [0.2, 0.25) is 5.02 Å². The molecule has 0 radical (unpaired) electrons. The van der Waals surface area contributed by atoms with Gasteiger partial charge in [-0.2, -0.15) is 0 Å². The summed E-state index contributed by atoms with van der Waals surface area (Å²) in [6.07, 6.45) is 1.72. The van der Waals surface area contributed by atoms with Gasteiger partial charge in [0.15, 0.2) is 5.84 Å². The minimum absolute atomic E-state index is 0.0134. The van der Waals surface area contributed by atoms with Crippen molar-refractivity contribution in [3.63, 3.8) is 0 Å². The van der Waals surface area contributed by atoms with Crippen molar-refractivity contribution in [2.75, 3.05) is 0 Å². The molecule has 0 unspecified atom stereocenters. The van der Waals surface area contributed by atoms with E-state index < -0.39 is 0 Å². The standard InChI is InChI=1S/C12H9BrClN3OS/c13-9-2-1-5-16-12(9)19-7-3-4-8(10(14)6-7)11(15)17-18/h1-6,18H,(H2,15,17). The topological polar surface area (TPSA) is 71.5 Å². The molecule has 1 aromatic carbocycles. The molecule has 3 N–H and O–H groups in total. The zero-order chi connectivity index (χ0) is 13.8. The van der Waals surface area contributed by atoms with Crippen molar-refractivity contribution in [1.82, 2.24) is 4.98 Å². The maximum atomic E-state index is 8.64. The largest absolute Gasteiger partial charge is 0.409 e. The lowest BCUT2D eigenvalue weighted by Gasteiger charge is -2.06. The Morgan fingerprint density at radius 1 is 1.42 bits per heavy atom. The molecular weight excluding hydrogens is 350 g/mol. The summed E-state index contributed by atoms with van der Waals surface area (Å²) in [5.41, 5.74) is 6.00. The third-order valence-electron chi connectivity index (χ3n) is 2.26. The molecule has 0 aliphatic heterocycles. The van der Waals surface area contributed by atoms with Crippen LogP contribution in [-0.4, -0.2) is 16.0 Å². The van der Waals surface area contributed by atoms with E-state index in [1.807, 2.05) is 18.2 Å². The summed E-state index contributed by atoms with van der Waals surface area (Å²) in [4.78, 5) is 5.18. The van der Waals surface area contributed by atoms with Gasteiger partial charge in [-0.1, -0.05) is 28.5 Å². The molecular formula is C12H9BrClN3OS. The Hall–Kier alpha value is -1.24. The molecule has 7 heteroatoms. The van der Waals surface area contributed by atoms with E-state index in [2.05, 4.69) is 26.1 Å². The van der Waals surface area contributed by atoms with Crippen LogP contribution < -0.4 is 5.73 Å². The van der Waals surface area contributed by atoms with Crippen LogP contribution in [0.25, 0.3) is 0 Å². The fourth-order valence-electron chi connectivity index (χ4n) is 1.38. The van der Waals surface area contributed by atoms with Crippen LogP contribution in [-0.2, 0) is 0 Å². The lowest BCUT2D eigenvalue weighted by atomic mass is 10.2. The van der Waals surface area contributed by atoms with Crippen LogP contribution >= 0.6 is 39.3 Å². The predicted octanol–water partition coefficient (Wildman–Crippen LogP) is 3.74. The molecule has 19 heavy (non-hydrogen) atoms. The number of hydrogen-bond donors (Lipinski definition) is 2. The average Bonchev–Trinajstić information content (AvgIpc) is 2.41. The van der Waals surface area contributed by atoms with E-state index in [4.69, 9.17) is 22.5 Å². The maximum absolute atomic E-state index is 8.64. The predicted molar refractivity (Wildman–Crippen MR) is 80.0 cm³/mol. The molecule has 0 aliphatic carbocycles. The number of nitrogens with two attached hydrogens (primary N) is 1. The monoisotopic (exact) mass is 357 g/mol. The van der Waals surface area contributed by atoms with Gasteiger partial charge in [0.2, 0.25) is 0 Å². The molecule has 0 spiro atoms. The zero-order valence-corrected chi connectivity index (χ0v) is 12.7. The number of nitrogens with zero attached hydrogens (tertiary/aromatic N) is 2. The molecule has 2 rings (SSSR count). The summed E-state index contributed by atoms with van der Waals surface area (Å²) >= 11 is 11.0. The van der Waals surface area contributed by atoms with Gasteiger partial charge in [0.05, 0.1) is 9.50 Å². The highest BCUT2D eigenvalue weighted by molar-refractivity contribution is 9.10. The number of oxime groups is 1. The Morgan fingerprint density at radius 2 is 2.21 bits per heavy atom. The van der Waals surface area contributed by atoms with E-state index in [0.29, 0.717) is 10.6 Å². The number of hydrogen-bond acceptors (Lipinski definition) is 4. The van der Waals surface area contributed by atoms with Crippen molar-refractivity contribution in [3.05, 3.63) is 51.6 Å². The fraction of sp³-hybridized carbons (Fsp3) is 0. The first-order valence-electron chi connectivity index (χ1n) is 5.17. The van der Waals surface area contributed by atoms with Crippen molar-refractivity contribution in [3.8, 4) is 0 Å². The van der Waals surface area contributed by atoms with E-state index >= 15 is 0 Å². The molecule has 0 fully saturated rings. The number of aromatic nitrogens is 1. The molecule has 0 amide bonds. The van der Waals surface area contributed by atoms with Gasteiger partial charge in [0.1, 0.15) is 5.03 Å². The van der Waals surface area contributed by atoms with Crippen molar-refractivity contribution >= 4 is 45.1 Å². The van der Waals surface area contributed by atoms with Crippen LogP contribution in [0.4, 0.5) is 0 Å². The molecule has 0 bridgehead atoms. The second kappa shape index (κ2) is 6.27. The second-order valence-electron chi connectivity index (χ2n) is 3.52. The van der Waals surface area contributed by atoms with Crippen LogP contribution in [0.3, 0.4) is 0 Å². The Kier molecular flexibility index (Phi) is 4.68. The van der Waals surface area contributed by atoms with Gasteiger partial charge in [-0.05, 0) is 46.3 Å². The minimum Gasteiger partial charge on any atom is -0.409 e. The molecule has 2 aromatic rings. The Morgan fingerprint density at radius 3 is 2.84 bits per heavy atom. The quantitative estimate of drug-likeness (QED) is 0.379. The third-order valence-corrected chi connectivity index (χ3v) is 4.49. The van der Waals surface area contributed by atoms with Crippen molar-refractivity contribution in [1.29, 1.82) is 0 Å². The van der Waals surface area contributed by atoms with Crippen molar-refractivity contribution in [2.24, 2.45) is 10.9 Å². The van der Waals surface area contributed by atoms with Crippen LogP contribution in [0.15, 0.2) is 56.1 Å². The molecule has 98 valence electrons. The average molecular weight is 359 g/mol. The number of benzene rings is 1. The summed E-state index contributed by atoms with van der Waals surface area (Å²) in [6, 6.07) is 9.06. The molecule has 0 saturated carbocycles. The molecule has 1 heterocycles. The lowest BCUT2D eigenvalue weighted by molar-refractivity contribution is 0.318. The SMILES string of the molecule is NC(=NO)c1ccc(Sc2ncccc2Br)cc1Cl. The van der Waals surface area contributed by atoms with E-state index in [0.717, 1.165) is 14.4 Å². The van der Waals surface area contributed by atoms with Gasteiger partial charge in [-0.15, -0.1) is 0 Å². The maximum Gasteiger partial charge on any atom is 0.171 e. The van der Waals surface area contributed by atoms with Crippen molar-refractivity contribution in [2.45, 2.75) is 9.92 Å². The summed E-state index contributed by atoms with van der Waals surface area (Å²) in [7, 11) is 0. The molecule has 4 nitrogen and oxygen atoms in total. The van der Waals surface area contributed by atoms with Gasteiger partial charge in [0, 0.05) is 16.7 Å². The van der Waals surface area contributed by atoms with Crippen LogP contribution in [0.5, 0.6) is 0 Å². The number of halogens is 2. The van der Waals surface area contributed by atoms with Gasteiger partial charge in [0.25, 0.3) is 0 Å². The van der Waals surface area contributed by atoms with Gasteiger partial charge in [-0.3, -0.25) is 0 Å². The number of amidine groups is 1. The molecule has 0 aliphatic rings. The highest BCUT2D eigenvalue weighted by atomic mass is 79.9. The normalized spacial score (nSPS) is 11.6. The summed E-state index contributed by atoms with van der Waals surface area (Å²) in [5.74, 6) is -0.0134. The summed E-state index contributed by atoms with van der Waals surface area (Å²) < 4.78 is 0.914. The molecule has 0 atom stereocenters.